The van der Waals surface area contributed by atoms with Crippen molar-refractivity contribution in [2.75, 3.05) is 0 Å². The molecule has 0 radical (unpaired) electrons. The molecule has 3 atom stereocenters. The second-order valence-electron chi connectivity index (χ2n) is 7.01. The van der Waals surface area contributed by atoms with E-state index in [9.17, 15) is 9.59 Å². The van der Waals surface area contributed by atoms with Gasteiger partial charge in [-0.1, -0.05) is 19.1 Å². The maximum Gasteiger partial charge on any atom is 0.156 e. The number of allylic oxidation sites excluding steroid dienone is 6. The maximum absolute atomic E-state index is 12.4. The lowest BCUT2D eigenvalue weighted by Gasteiger charge is -2.44. The molecule has 0 spiro atoms. The number of fused-ring (bicyclic) bond motifs is 4. The van der Waals surface area contributed by atoms with Crippen LogP contribution in [0.1, 0.15) is 51.9 Å². The average Bonchev–Trinajstić information content (AvgIpc) is 2.84. The molecule has 0 saturated heterocycles. The number of hydrogen-bond donors (Lipinski definition) is 0. The van der Waals surface area contributed by atoms with Crippen LogP contribution in [0.15, 0.2) is 34.9 Å². The molecule has 4 aliphatic rings. The predicted molar refractivity (Wildman–Crippen MR) is 81.7 cm³/mol. The van der Waals surface area contributed by atoms with Crippen molar-refractivity contribution in [3.05, 3.63) is 34.9 Å². The van der Waals surface area contributed by atoms with Gasteiger partial charge in [-0.05, 0) is 66.7 Å². The summed E-state index contributed by atoms with van der Waals surface area (Å²) in [6, 6.07) is 0. The molecule has 1 fully saturated rings. The molecular formula is C19H22O2. The Morgan fingerprint density at radius 2 is 2.00 bits per heavy atom. The summed E-state index contributed by atoms with van der Waals surface area (Å²) in [5, 5.41) is 0. The van der Waals surface area contributed by atoms with Gasteiger partial charge in [0.1, 0.15) is 5.78 Å². The largest absolute Gasteiger partial charge is 0.299 e. The van der Waals surface area contributed by atoms with Crippen molar-refractivity contribution >= 4 is 11.6 Å². The molecule has 0 aromatic heterocycles. The zero-order valence-corrected chi connectivity index (χ0v) is 12.7. The minimum absolute atomic E-state index is 0.180. The minimum atomic E-state index is -0.180. The highest BCUT2D eigenvalue weighted by molar-refractivity contribution is 5.93. The van der Waals surface area contributed by atoms with Crippen molar-refractivity contribution in [1.29, 1.82) is 0 Å². The van der Waals surface area contributed by atoms with Gasteiger partial charge in [-0.3, -0.25) is 9.59 Å². The molecule has 0 N–H and O–H groups in total. The summed E-state index contributed by atoms with van der Waals surface area (Å²) in [6.07, 6.45) is 12.8. The van der Waals surface area contributed by atoms with Crippen LogP contribution in [0, 0.1) is 17.3 Å². The van der Waals surface area contributed by atoms with Gasteiger partial charge in [0.2, 0.25) is 0 Å². The second kappa shape index (κ2) is 4.53. The molecule has 0 aromatic rings. The molecular weight excluding hydrogens is 260 g/mol. The Bertz CT molecular complexity index is 619. The second-order valence-corrected chi connectivity index (χ2v) is 7.01. The topological polar surface area (TPSA) is 34.1 Å². The van der Waals surface area contributed by atoms with Crippen molar-refractivity contribution in [1.82, 2.24) is 0 Å². The van der Waals surface area contributed by atoms with Crippen LogP contribution in [0.4, 0.5) is 0 Å². The molecule has 2 heteroatoms. The van der Waals surface area contributed by atoms with E-state index in [4.69, 9.17) is 0 Å². The third kappa shape index (κ3) is 1.71. The van der Waals surface area contributed by atoms with E-state index in [1.807, 2.05) is 6.08 Å². The Balaban J connectivity index is 1.84. The fraction of sp³-hybridized carbons (Fsp3) is 0.579. The van der Waals surface area contributed by atoms with E-state index < -0.39 is 0 Å². The van der Waals surface area contributed by atoms with E-state index >= 15 is 0 Å². The highest BCUT2D eigenvalue weighted by atomic mass is 16.1. The zero-order valence-electron chi connectivity index (χ0n) is 12.7. The van der Waals surface area contributed by atoms with E-state index in [2.05, 4.69) is 19.1 Å². The van der Waals surface area contributed by atoms with Crippen molar-refractivity contribution < 1.29 is 9.59 Å². The molecule has 3 unspecified atom stereocenters. The summed E-state index contributed by atoms with van der Waals surface area (Å²) in [4.78, 5) is 24.1. The molecule has 21 heavy (non-hydrogen) atoms. The first-order chi connectivity index (χ1) is 10.2. The van der Waals surface area contributed by atoms with Crippen LogP contribution in [0.5, 0.6) is 0 Å². The summed E-state index contributed by atoms with van der Waals surface area (Å²) >= 11 is 0. The molecule has 1 saturated carbocycles. The van der Waals surface area contributed by atoms with Crippen molar-refractivity contribution in [3.8, 4) is 0 Å². The van der Waals surface area contributed by atoms with E-state index in [0.29, 0.717) is 24.0 Å². The smallest absolute Gasteiger partial charge is 0.156 e. The van der Waals surface area contributed by atoms with Gasteiger partial charge in [-0.15, -0.1) is 0 Å². The molecule has 0 aliphatic heterocycles. The molecule has 0 aromatic carbocycles. The normalized spacial score (nSPS) is 38.0. The summed E-state index contributed by atoms with van der Waals surface area (Å²) in [7, 11) is 0. The van der Waals surface area contributed by atoms with Gasteiger partial charge >= 0.3 is 0 Å². The standard InChI is InChI=1S/C19H22O2/c1-2-19-10-9-15-14-6-4-13(20)11-12(14)3-5-16(15)17(19)7-8-18(19)21/h9-11,16-17H,2-8H2,1H3. The lowest BCUT2D eigenvalue weighted by Crippen LogP contribution is -2.39. The predicted octanol–water partition coefficient (Wildman–Crippen LogP) is 3.93. The number of carbonyl (C=O) groups is 2. The summed E-state index contributed by atoms with van der Waals surface area (Å²) < 4.78 is 0. The van der Waals surface area contributed by atoms with Crippen LogP contribution >= 0.6 is 0 Å². The minimum Gasteiger partial charge on any atom is -0.299 e. The summed E-state index contributed by atoms with van der Waals surface area (Å²) in [5.41, 5.74) is 3.96. The van der Waals surface area contributed by atoms with Gasteiger partial charge < -0.3 is 0 Å². The van der Waals surface area contributed by atoms with Gasteiger partial charge in [0.05, 0.1) is 5.41 Å². The van der Waals surface area contributed by atoms with E-state index in [1.165, 1.54) is 16.7 Å². The number of Topliss-reactive ketones (excluding diaryl/α,β-unsaturated/α-hetero) is 1. The van der Waals surface area contributed by atoms with Crippen molar-refractivity contribution in [2.24, 2.45) is 17.3 Å². The van der Waals surface area contributed by atoms with Gasteiger partial charge in [0.15, 0.2) is 5.78 Å². The van der Waals surface area contributed by atoms with Gasteiger partial charge in [0, 0.05) is 12.8 Å². The van der Waals surface area contributed by atoms with E-state index in [0.717, 1.165) is 38.5 Å². The lowest BCUT2D eigenvalue weighted by atomic mass is 9.59. The van der Waals surface area contributed by atoms with Gasteiger partial charge in [0.25, 0.3) is 0 Å². The maximum atomic E-state index is 12.4. The number of rotatable bonds is 1. The van der Waals surface area contributed by atoms with Gasteiger partial charge in [-0.25, -0.2) is 0 Å². The Morgan fingerprint density at radius 3 is 2.81 bits per heavy atom. The summed E-state index contributed by atoms with van der Waals surface area (Å²) in [6.45, 7) is 2.16. The first kappa shape index (κ1) is 13.2. The molecule has 4 rings (SSSR count). The van der Waals surface area contributed by atoms with E-state index in [-0.39, 0.29) is 11.2 Å². The fourth-order valence-electron chi connectivity index (χ4n) is 5.22. The fourth-order valence-corrected chi connectivity index (χ4v) is 5.22. The zero-order chi connectivity index (χ0) is 14.6. The van der Waals surface area contributed by atoms with Crippen LogP contribution in [-0.4, -0.2) is 11.6 Å². The molecule has 4 aliphatic carbocycles. The highest BCUT2D eigenvalue weighted by Gasteiger charge is 2.52. The first-order valence-corrected chi connectivity index (χ1v) is 8.35. The lowest BCUT2D eigenvalue weighted by molar-refractivity contribution is -0.125. The first-order valence-electron chi connectivity index (χ1n) is 8.35. The number of ketones is 2. The van der Waals surface area contributed by atoms with E-state index in [1.54, 1.807) is 0 Å². The molecule has 0 bridgehead atoms. The van der Waals surface area contributed by atoms with Crippen LogP contribution in [0.25, 0.3) is 0 Å². The number of hydrogen-bond acceptors (Lipinski definition) is 2. The average molecular weight is 282 g/mol. The molecule has 0 amide bonds. The SMILES string of the molecule is CCC12C=CC3=C4CCC(=O)C=C4CCC3C1CCC2=O. The molecule has 0 heterocycles. The Hall–Kier alpha value is -1.44. The third-order valence-electron chi connectivity index (χ3n) is 6.31. The van der Waals surface area contributed by atoms with Crippen LogP contribution in [-0.2, 0) is 9.59 Å². The van der Waals surface area contributed by atoms with Gasteiger partial charge in [-0.2, -0.15) is 0 Å². The highest BCUT2D eigenvalue weighted by Crippen LogP contribution is 2.57. The monoisotopic (exact) mass is 282 g/mol. The third-order valence-corrected chi connectivity index (χ3v) is 6.31. The van der Waals surface area contributed by atoms with Crippen LogP contribution in [0.2, 0.25) is 0 Å². The van der Waals surface area contributed by atoms with Crippen LogP contribution < -0.4 is 0 Å². The van der Waals surface area contributed by atoms with Crippen molar-refractivity contribution in [2.45, 2.75) is 51.9 Å². The Kier molecular flexibility index (Phi) is 2.85. The quantitative estimate of drug-likeness (QED) is 0.730. The number of carbonyl (C=O) groups excluding carboxylic acids is 2. The Morgan fingerprint density at radius 1 is 1.14 bits per heavy atom. The Labute approximate surface area is 126 Å². The summed E-state index contributed by atoms with van der Waals surface area (Å²) in [5.74, 6) is 1.78. The molecule has 110 valence electrons. The van der Waals surface area contributed by atoms with Crippen molar-refractivity contribution in [3.63, 3.8) is 0 Å². The molecule has 2 nitrogen and oxygen atoms in total. The van der Waals surface area contributed by atoms with Crippen LogP contribution in [0.3, 0.4) is 0 Å².